The lowest BCUT2D eigenvalue weighted by Gasteiger charge is -2.11. The largest absolute Gasteiger partial charge is 0.381 e. The van der Waals surface area contributed by atoms with Crippen molar-refractivity contribution in [1.29, 1.82) is 5.26 Å². The molecule has 0 aliphatic heterocycles. The van der Waals surface area contributed by atoms with Crippen LogP contribution in [-0.4, -0.2) is 0 Å². The Morgan fingerprint density at radius 3 is 2.53 bits per heavy atom. The maximum absolute atomic E-state index is 8.92. The number of anilines is 1. The highest BCUT2D eigenvalue weighted by molar-refractivity contribution is 9.10. The number of hydrogen-bond donors (Lipinski definition) is 1. The van der Waals surface area contributed by atoms with E-state index in [-0.39, 0.29) is 0 Å². The van der Waals surface area contributed by atoms with Crippen LogP contribution in [-0.2, 0) is 6.54 Å². The molecular weight excluding hydrogens is 300 g/mol. The maximum Gasteiger partial charge on any atom is 0.0992 e. The standard InChI is InChI=1S/C16H15BrN2/c1-11-3-6-14(7-15(11)17)10-19-16-8-13(9-18)5-4-12(16)2/h3-8,19H,10H2,1-2H3. The predicted octanol–water partition coefficient (Wildman–Crippen LogP) is 4.55. The highest BCUT2D eigenvalue weighted by Gasteiger charge is 2.01. The molecule has 96 valence electrons. The third-order valence-corrected chi connectivity index (χ3v) is 3.94. The summed E-state index contributed by atoms with van der Waals surface area (Å²) in [6.45, 7) is 4.85. The molecule has 0 aliphatic carbocycles. The Morgan fingerprint density at radius 1 is 1.11 bits per heavy atom. The summed E-state index contributed by atoms with van der Waals surface area (Å²) >= 11 is 3.54. The number of halogens is 1. The predicted molar refractivity (Wildman–Crippen MR) is 82.1 cm³/mol. The molecule has 2 rings (SSSR count). The van der Waals surface area contributed by atoms with Crippen LogP contribution < -0.4 is 5.32 Å². The fraction of sp³-hybridized carbons (Fsp3) is 0.188. The van der Waals surface area contributed by atoms with Crippen molar-refractivity contribution in [2.45, 2.75) is 20.4 Å². The van der Waals surface area contributed by atoms with Crippen LogP contribution in [0.1, 0.15) is 22.3 Å². The fourth-order valence-electron chi connectivity index (χ4n) is 1.83. The van der Waals surface area contributed by atoms with Gasteiger partial charge in [-0.15, -0.1) is 0 Å². The van der Waals surface area contributed by atoms with Crippen LogP contribution in [0.15, 0.2) is 40.9 Å². The van der Waals surface area contributed by atoms with Crippen LogP contribution in [0.3, 0.4) is 0 Å². The summed E-state index contributed by atoms with van der Waals surface area (Å²) in [5, 5.41) is 12.3. The monoisotopic (exact) mass is 314 g/mol. The molecule has 0 aromatic heterocycles. The molecule has 0 radical (unpaired) electrons. The van der Waals surface area contributed by atoms with Crippen LogP contribution in [0, 0.1) is 25.2 Å². The summed E-state index contributed by atoms with van der Waals surface area (Å²) in [6, 6.07) is 14.2. The smallest absolute Gasteiger partial charge is 0.0992 e. The highest BCUT2D eigenvalue weighted by Crippen LogP contribution is 2.20. The van der Waals surface area contributed by atoms with Crippen LogP contribution in [0.2, 0.25) is 0 Å². The van der Waals surface area contributed by atoms with Gasteiger partial charge in [-0.3, -0.25) is 0 Å². The van der Waals surface area contributed by atoms with Gasteiger partial charge in [-0.2, -0.15) is 5.26 Å². The number of aryl methyl sites for hydroxylation is 2. The number of nitrogens with one attached hydrogen (secondary N) is 1. The molecule has 2 aromatic rings. The number of benzene rings is 2. The van der Waals surface area contributed by atoms with E-state index in [0.717, 1.165) is 22.3 Å². The van der Waals surface area contributed by atoms with Crippen molar-refractivity contribution in [3.05, 3.63) is 63.1 Å². The second-order valence-electron chi connectivity index (χ2n) is 4.58. The van der Waals surface area contributed by atoms with E-state index in [1.807, 2.05) is 25.1 Å². The quantitative estimate of drug-likeness (QED) is 0.902. The first-order valence-corrected chi connectivity index (χ1v) is 6.89. The van der Waals surface area contributed by atoms with Gasteiger partial charge in [0.05, 0.1) is 11.6 Å². The Kier molecular flexibility index (Phi) is 4.24. The third kappa shape index (κ3) is 3.36. The highest BCUT2D eigenvalue weighted by atomic mass is 79.9. The number of rotatable bonds is 3. The zero-order chi connectivity index (χ0) is 13.8. The number of hydrogen-bond acceptors (Lipinski definition) is 2. The molecule has 2 nitrogen and oxygen atoms in total. The number of nitrogens with zero attached hydrogens (tertiary/aromatic N) is 1. The summed E-state index contributed by atoms with van der Waals surface area (Å²) in [7, 11) is 0. The lowest BCUT2D eigenvalue weighted by atomic mass is 10.1. The first kappa shape index (κ1) is 13.6. The Labute approximate surface area is 122 Å². The summed E-state index contributed by atoms with van der Waals surface area (Å²) in [4.78, 5) is 0. The zero-order valence-corrected chi connectivity index (χ0v) is 12.6. The van der Waals surface area contributed by atoms with Crippen molar-refractivity contribution in [3.8, 4) is 6.07 Å². The van der Waals surface area contributed by atoms with E-state index in [2.05, 4.69) is 52.4 Å². The van der Waals surface area contributed by atoms with Crippen molar-refractivity contribution in [3.63, 3.8) is 0 Å². The Morgan fingerprint density at radius 2 is 1.84 bits per heavy atom. The molecular formula is C16H15BrN2. The van der Waals surface area contributed by atoms with Crippen molar-refractivity contribution < 1.29 is 0 Å². The molecule has 3 heteroatoms. The minimum Gasteiger partial charge on any atom is -0.381 e. The topological polar surface area (TPSA) is 35.8 Å². The van der Waals surface area contributed by atoms with Gasteiger partial charge >= 0.3 is 0 Å². The lowest BCUT2D eigenvalue weighted by molar-refractivity contribution is 1.13. The molecule has 0 heterocycles. The van der Waals surface area contributed by atoms with Gasteiger partial charge in [0.25, 0.3) is 0 Å². The van der Waals surface area contributed by atoms with E-state index in [1.165, 1.54) is 11.1 Å². The third-order valence-electron chi connectivity index (χ3n) is 3.09. The molecule has 0 unspecified atom stereocenters. The molecule has 0 fully saturated rings. The van der Waals surface area contributed by atoms with E-state index >= 15 is 0 Å². The molecule has 0 bridgehead atoms. The minimum atomic E-state index is 0.679. The minimum absolute atomic E-state index is 0.679. The van der Waals surface area contributed by atoms with E-state index < -0.39 is 0 Å². The van der Waals surface area contributed by atoms with E-state index in [0.29, 0.717) is 5.56 Å². The van der Waals surface area contributed by atoms with Gasteiger partial charge in [0.1, 0.15) is 0 Å². The van der Waals surface area contributed by atoms with Crippen molar-refractivity contribution in [2.24, 2.45) is 0 Å². The molecule has 1 N–H and O–H groups in total. The first-order valence-electron chi connectivity index (χ1n) is 6.10. The lowest BCUT2D eigenvalue weighted by Crippen LogP contribution is -2.01. The zero-order valence-electron chi connectivity index (χ0n) is 11.0. The van der Waals surface area contributed by atoms with Crippen molar-refractivity contribution in [2.75, 3.05) is 5.32 Å². The Hall–Kier alpha value is -1.79. The molecule has 0 saturated heterocycles. The van der Waals surface area contributed by atoms with Gasteiger partial charge in [-0.05, 0) is 48.7 Å². The van der Waals surface area contributed by atoms with E-state index in [4.69, 9.17) is 5.26 Å². The molecule has 0 spiro atoms. The first-order chi connectivity index (χ1) is 9.10. The number of nitriles is 1. The molecule has 0 saturated carbocycles. The normalized spacial score (nSPS) is 10.0. The van der Waals surface area contributed by atoms with Crippen molar-refractivity contribution >= 4 is 21.6 Å². The van der Waals surface area contributed by atoms with Crippen LogP contribution in [0.25, 0.3) is 0 Å². The van der Waals surface area contributed by atoms with Gasteiger partial charge < -0.3 is 5.32 Å². The van der Waals surface area contributed by atoms with Gasteiger partial charge in [0.2, 0.25) is 0 Å². The van der Waals surface area contributed by atoms with E-state index in [9.17, 15) is 0 Å². The van der Waals surface area contributed by atoms with Gasteiger partial charge in [0.15, 0.2) is 0 Å². The molecule has 19 heavy (non-hydrogen) atoms. The molecule has 2 aromatic carbocycles. The maximum atomic E-state index is 8.92. The molecule has 0 amide bonds. The van der Waals surface area contributed by atoms with E-state index in [1.54, 1.807) is 0 Å². The van der Waals surface area contributed by atoms with Crippen molar-refractivity contribution in [1.82, 2.24) is 0 Å². The molecule has 0 atom stereocenters. The average molecular weight is 315 g/mol. The van der Waals surface area contributed by atoms with Gasteiger partial charge in [-0.25, -0.2) is 0 Å². The summed E-state index contributed by atoms with van der Waals surface area (Å²) < 4.78 is 1.12. The summed E-state index contributed by atoms with van der Waals surface area (Å²) in [5.41, 5.74) is 5.27. The van der Waals surface area contributed by atoms with Crippen LogP contribution >= 0.6 is 15.9 Å². The van der Waals surface area contributed by atoms with Crippen LogP contribution in [0.4, 0.5) is 5.69 Å². The fourth-order valence-corrected chi connectivity index (χ4v) is 2.25. The van der Waals surface area contributed by atoms with Gasteiger partial charge in [0, 0.05) is 16.7 Å². The van der Waals surface area contributed by atoms with Crippen LogP contribution in [0.5, 0.6) is 0 Å². The Balaban J connectivity index is 2.14. The average Bonchev–Trinajstić information content (AvgIpc) is 2.41. The second-order valence-corrected chi connectivity index (χ2v) is 5.43. The molecule has 0 aliphatic rings. The van der Waals surface area contributed by atoms with Gasteiger partial charge in [-0.1, -0.05) is 34.1 Å². The summed E-state index contributed by atoms with van der Waals surface area (Å²) in [6.07, 6.45) is 0. The summed E-state index contributed by atoms with van der Waals surface area (Å²) in [5.74, 6) is 0. The Bertz CT molecular complexity index is 642. The second kappa shape index (κ2) is 5.90. The SMILES string of the molecule is Cc1ccc(CNc2cc(C#N)ccc2C)cc1Br.